The summed E-state index contributed by atoms with van der Waals surface area (Å²) in [7, 11) is 0. The Morgan fingerprint density at radius 2 is 0.434 bits per heavy atom. The summed E-state index contributed by atoms with van der Waals surface area (Å²) in [5.74, 6) is 0. The Morgan fingerprint density at radius 3 is 0.763 bits per heavy atom. The van der Waals surface area contributed by atoms with E-state index in [1.165, 1.54) is 22.3 Å². The summed E-state index contributed by atoms with van der Waals surface area (Å²) in [6.07, 6.45) is 0. The fraction of sp³-hybridized carbons (Fsp3) is 0. The summed E-state index contributed by atoms with van der Waals surface area (Å²) in [6.45, 7) is 0. The van der Waals surface area contributed by atoms with Crippen LogP contribution in [-0.2, 0) is 0 Å². The Morgan fingerprint density at radius 1 is 0.184 bits per heavy atom. The Balaban J connectivity index is 0.680. The van der Waals surface area contributed by atoms with Gasteiger partial charge in [-0.15, -0.1) is 0 Å². The Hall–Kier alpha value is -10.2. The third-order valence-corrected chi connectivity index (χ3v) is 14.7. The molecule has 0 saturated heterocycles. The normalized spacial score (nSPS) is 11.4. The van der Waals surface area contributed by atoms with Gasteiger partial charge in [-0.25, -0.2) is 0 Å². The molecule has 0 bridgehead atoms. The van der Waals surface area contributed by atoms with Gasteiger partial charge < -0.3 is 18.6 Å². The van der Waals surface area contributed by atoms with Crippen LogP contribution in [0.2, 0.25) is 0 Å². The van der Waals surface area contributed by atoms with E-state index in [2.05, 4.69) is 277 Å². The van der Waals surface area contributed by atoms with E-state index in [1.54, 1.807) is 0 Å². The third kappa shape index (κ3) is 8.15. The van der Waals surface area contributed by atoms with Crippen molar-refractivity contribution >= 4 is 78.0 Å². The zero-order valence-corrected chi connectivity index (χ0v) is 41.4. The van der Waals surface area contributed by atoms with Crippen LogP contribution in [0.1, 0.15) is 0 Å². The first-order valence-corrected chi connectivity index (χ1v) is 25.8. The van der Waals surface area contributed by atoms with Crippen LogP contribution in [-0.4, -0.2) is 0 Å². The third-order valence-electron chi connectivity index (χ3n) is 14.7. The molecule has 0 aliphatic carbocycles. The molecule has 12 aromatic carbocycles. The topological polar surface area (TPSA) is 32.8 Å². The Labute approximate surface area is 441 Å². The van der Waals surface area contributed by atoms with Gasteiger partial charge in [0.25, 0.3) is 0 Å². The van der Waals surface area contributed by atoms with Gasteiger partial charge in [-0.3, -0.25) is 0 Å². The molecule has 0 saturated carbocycles. The molecule has 0 radical (unpaired) electrons. The lowest BCUT2D eigenvalue weighted by Gasteiger charge is -2.26. The standard InChI is InChI=1S/C72H48N2O2/c1-3-13-57(14-4-1)73(61-45-37-55(38-46-61)63-19-11-21-67-65-17-7-9-23-69(65)75-71(63)67)59-41-33-53(34-42-59)51-29-25-49(26-30-51)50-27-31-52(32-28-50)54-35-43-60(44-36-54)74(58-15-5-2-6-16-58)62-47-39-56(40-48-62)64-20-12-22-68-66-18-8-10-24-70(66)76-72(64)68/h1-48H. The number of benzene rings is 12. The molecule has 0 aliphatic heterocycles. The van der Waals surface area contributed by atoms with E-state index in [0.29, 0.717) is 0 Å². The molecular formula is C72H48N2O2. The zero-order chi connectivity index (χ0) is 50.4. The number of rotatable bonds is 11. The van der Waals surface area contributed by atoms with Crippen molar-refractivity contribution in [3.05, 3.63) is 291 Å². The number of hydrogen-bond acceptors (Lipinski definition) is 4. The van der Waals surface area contributed by atoms with Crippen LogP contribution < -0.4 is 9.80 Å². The van der Waals surface area contributed by atoms with Crippen LogP contribution in [0.3, 0.4) is 0 Å². The van der Waals surface area contributed by atoms with Gasteiger partial charge in [-0.1, -0.05) is 206 Å². The predicted molar refractivity (Wildman–Crippen MR) is 318 cm³/mol. The fourth-order valence-corrected chi connectivity index (χ4v) is 10.9. The molecule has 0 amide bonds. The molecule has 76 heavy (non-hydrogen) atoms. The minimum atomic E-state index is 0.905. The summed E-state index contributed by atoms with van der Waals surface area (Å²) >= 11 is 0. The van der Waals surface area contributed by atoms with E-state index < -0.39 is 0 Å². The van der Waals surface area contributed by atoms with Crippen molar-refractivity contribution in [1.29, 1.82) is 0 Å². The number of fused-ring (bicyclic) bond motifs is 6. The van der Waals surface area contributed by atoms with Crippen molar-refractivity contribution in [3.63, 3.8) is 0 Å². The second kappa shape index (κ2) is 19.0. The first-order chi connectivity index (χ1) is 37.7. The van der Waals surface area contributed by atoms with Crippen LogP contribution >= 0.6 is 0 Å². The maximum absolute atomic E-state index is 6.39. The maximum Gasteiger partial charge on any atom is 0.143 e. The van der Waals surface area contributed by atoms with Crippen LogP contribution in [0.15, 0.2) is 300 Å². The molecule has 0 N–H and O–H groups in total. The largest absolute Gasteiger partial charge is 0.455 e. The lowest BCUT2D eigenvalue weighted by Crippen LogP contribution is -2.09. The molecule has 0 unspecified atom stereocenters. The monoisotopic (exact) mass is 972 g/mol. The first kappa shape index (κ1) is 44.5. The van der Waals surface area contributed by atoms with Gasteiger partial charge in [0.15, 0.2) is 0 Å². The lowest BCUT2D eigenvalue weighted by atomic mass is 9.97. The number of hydrogen-bond donors (Lipinski definition) is 0. The van der Waals surface area contributed by atoms with Crippen molar-refractivity contribution in [3.8, 4) is 55.6 Å². The van der Waals surface area contributed by atoms with Gasteiger partial charge in [-0.2, -0.15) is 0 Å². The highest BCUT2D eigenvalue weighted by Gasteiger charge is 2.18. The fourth-order valence-electron chi connectivity index (χ4n) is 10.9. The molecule has 0 atom stereocenters. The van der Waals surface area contributed by atoms with Gasteiger partial charge >= 0.3 is 0 Å². The van der Waals surface area contributed by atoms with Crippen LogP contribution in [0, 0.1) is 0 Å². The molecule has 14 rings (SSSR count). The second-order valence-electron chi connectivity index (χ2n) is 19.2. The molecule has 358 valence electrons. The van der Waals surface area contributed by atoms with Crippen molar-refractivity contribution in [1.82, 2.24) is 0 Å². The van der Waals surface area contributed by atoms with E-state index in [9.17, 15) is 0 Å². The quantitative estimate of drug-likeness (QED) is 0.129. The van der Waals surface area contributed by atoms with Crippen molar-refractivity contribution in [2.75, 3.05) is 9.80 Å². The lowest BCUT2D eigenvalue weighted by molar-refractivity contribution is 0.669. The molecule has 2 heterocycles. The van der Waals surface area contributed by atoms with Crippen LogP contribution in [0.5, 0.6) is 0 Å². The van der Waals surface area contributed by atoms with Gasteiger partial charge in [0.05, 0.1) is 0 Å². The van der Waals surface area contributed by atoms with Gasteiger partial charge in [0.1, 0.15) is 22.3 Å². The average molecular weight is 973 g/mol. The second-order valence-corrected chi connectivity index (χ2v) is 19.2. The summed E-state index contributed by atoms with van der Waals surface area (Å²) in [6, 6.07) is 104. The molecule has 4 nitrogen and oxygen atoms in total. The van der Waals surface area contributed by atoms with Crippen LogP contribution in [0.4, 0.5) is 34.1 Å². The predicted octanol–water partition coefficient (Wildman–Crippen LogP) is 20.8. The number of furan rings is 2. The minimum absolute atomic E-state index is 0.905. The summed E-state index contributed by atoms with van der Waals surface area (Å²) < 4.78 is 12.8. The molecule has 14 aromatic rings. The summed E-state index contributed by atoms with van der Waals surface area (Å²) in [5, 5.41) is 4.53. The van der Waals surface area contributed by atoms with E-state index in [4.69, 9.17) is 8.83 Å². The molecular weight excluding hydrogens is 925 g/mol. The van der Waals surface area contributed by atoms with Crippen LogP contribution in [0.25, 0.3) is 99.5 Å². The molecule has 0 aliphatic rings. The van der Waals surface area contributed by atoms with Crippen molar-refractivity contribution < 1.29 is 8.83 Å². The van der Waals surface area contributed by atoms with E-state index in [0.717, 1.165) is 111 Å². The molecule has 0 fully saturated rings. The minimum Gasteiger partial charge on any atom is -0.455 e. The zero-order valence-electron chi connectivity index (χ0n) is 41.4. The van der Waals surface area contributed by atoms with Crippen molar-refractivity contribution in [2.45, 2.75) is 0 Å². The molecule has 0 spiro atoms. The number of para-hydroxylation sites is 6. The Bertz CT molecular complexity index is 4050. The Kier molecular flexibility index (Phi) is 11.2. The highest BCUT2D eigenvalue weighted by molar-refractivity contribution is 6.10. The van der Waals surface area contributed by atoms with Gasteiger partial charge in [0, 0.05) is 66.8 Å². The SMILES string of the molecule is c1ccc(N(c2ccc(-c3ccc(-c4ccc(-c5ccc(N(c6ccccc6)c6ccc(-c7cccc8c7oc7ccccc78)cc6)cc5)cc4)cc3)cc2)c2ccc(-c3cccc4c3oc3ccccc34)cc2)cc1. The number of anilines is 6. The molecule has 4 heteroatoms. The first-order valence-electron chi connectivity index (χ1n) is 25.8. The smallest absolute Gasteiger partial charge is 0.143 e. The molecule has 2 aromatic heterocycles. The maximum atomic E-state index is 6.39. The highest BCUT2D eigenvalue weighted by Crippen LogP contribution is 2.42. The summed E-state index contributed by atoms with van der Waals surface area (Å²) in [5.41, 5.74) is 21.6. The van der Waals surface area contributed by atoms with E-state index >= 15 is 0 Å². The summed E-state index contributed by atoms with van der Waals surface area (Å²) in [4.78, 5) is 4.61. The van der Waals surface area contributed by atoms with Crippen molar-refractivity contribution in [2.24, 2.45) is 0 Å². The number of nitrogens with zero attached hydrogens (tertiary/aromatic N) is 2. The van der Waals surface area contributed by atoms with Gasteiger partial charge in [-0.05, 0) is 129 Å². The van der Waals surface area contributed by atoms with Gasteiger partial charge in [0.2, 0.25) is 0 Å². The van der Waals surface area contributed by atoms with E-state index in [-0.39, 0.29) is 0 Å². The highest BCUT2D eigenvalue weighted by atomic mass is 16.3. The van der Waals surface area contributed by atoms with E-state index in [1.807, 2.05) is 24.3 Å². The average Bonchev–Trinajstić information content (AvgIpc) is 4.13.